The predicted molar refractivity (Wildman–Crippen MR) is 111 cm³/mol. The van der Waals surface area contributed by atoms with E-state index in [4.69, 9.17) is 9.47 Å². The maximum absolute atomic E-state index is 13.3. The summed E-state index contributed by atoms with van der Waals surface area (Å²) in [5.41, 5.74) is 0.916. The molecule has 3 heterocycles. The van der Waals surface area contributed by atoms with Gasteiger partial charge < -0.3 is 9.47 Å². The van der Waals surface area contributed by atoms with Crippen LogP contribution in [0.5, 0.6) is 11.5 Å². The Morgan fingerprint density at radius 2 is 2.04 bits per heavy atom. The van der Waals surface area contributed by atoms with Gasteiger partial charge in [0.1, 0.15) is 0 Å². The molecule has 0 atom stereocenters. The molecule has 0 unspecified atom stereocenters. The van der Waals surface area contributed by atoms with Crippen LogP contribution in [0, 0.1) is 0 Å². The Labute approximate surface area is 171 Å². The summed E-state index contributed by atoms with van der Waals surface area (Å²) in [4.78, 5) is 24.8. The number of carbonyl (C=O) groups excluding carboxylic acids is 1. The predicted octanol–water partition coefficient (Wildman–Crippen LogP) is 4.81. The van der Waals surface area contributed by atoms with Crippen molar-refractivity contribution in [2.24, 2.45) is 4.99 Å². The molecule has 144 valence electrons. The van der Waals surface area contributed by atoms with Gasteiger partial charge in [-0.2, -0.15) is 4.99 Å². The second kappa shape index (κ2) is 7.60. The second-order valence-electron chi connectivity index (χ2n) is 6.90. The largest absolute Gasteiger partial charge is 0.454 e. The first-order chi connectivity index (χ1) is 13.8. The monoisotopic (exact) mass is 413 g/mol. The van der Waals surface area contributed by atoms with E-state index in [1.165, 1.54) is 29.5 Å². The molecule has 28 heavy (non-hydrogen) atoms. The highest BCUT2D eigenvalue weighted by molar-refractivity contribution is 8.18. The van der Waals surface area contributed by atoms with Crippen LogP contribution in [0.25, 0.3) is 6.08 Å². The highest BCUT2D eigenvalue weighted by atomic mass is 32.2. The number of nitrogens with zero attached hydrogens (tertiary/aromatic N) is 3. The summed E-state index contributed by atoms with van der Waals surface area (Å²) in [7, 11) is 0. The maximum atomic E-state index is 13.3. The van der Waals surface area contributed by atoms with E-state index < -0.39 is 0 Å². The molecule has 0 bridgehead atoms. The van der Waals surface area contributed by atoms with Crippen LogP contribution in [-0.4, -0.2) is 33.8 Å². The van der Waals surface area contributed by atoms with Crippen molar-refractivity contribution in [3.63, 3.8) is 0 Å². The van der Waals surface area contributed by atoms with Gasteiger partial charge in [-0.25, -0.2) is 4.98 Å². The molecule has 0 spiro atoms. The van der Waals surface area contributed by atoms with Gasteiger partial charge in [-0.05, 0) is 48.4 Å². The first-order valence-corrected chi connectivity index (χ1v) is 11.1. The summed E-state index contributed by atoms with van der Waals surface area (Å²) >= 11 is 2.91. The standard InChI is InChI=1S/C20H19N3O3S2/c24-18-17(11-13-6-7-15-16(10-13)26-12-25-15)28-20(22-19-21-8-9-27-19)23(18)14-4-2-1-3-5-14/h6-11,14H,1-5,12H2/b17-11-,22-20+. The van der Waals surface area contributed by atoms with E-state index in [0.717, 1.165) is 42.2 Å². The number of thioether (sulfide) groups is 1. The summed E-state index contributed by atoms with van der Waals surface area (Å²) in [6.45, 7) is 0.239. The Hall–Kier alpha value is -2.32. The van der Waals surface area contributed by atoms with Gasteiger partial charge in [0.2, 0.25) is 11.9 Å². The first kappa shape index (κ1) is 17.8. The molecular weight excluding hydrogens is 394 g/mol. The van der Waals surface area contributed by atoms with Crippen LogP contribution in [0.4, 0.5) is 5.13 Å². The van der Waals surface area contributed by atoms with E-state index in [0.29, 0.717) is 15.8 Å². The lowest BCUT2D eigenvalue weighted by Crippen LogP contribution is -2.40. The highest BCUT2D eigenvalue weighted by Crippen LogP contribution is 2.40. The van der Waals surface area contributed by atoms with Crippen molar-refractivity contribution in [1.29, 1.82) is 0 Å². The molecule has 2 fully saturated rings. The van der Waals surface area contributed by atoms with Crippen LogP contribution in [0.15, 0.2) is 39.7 Å². The summed E-state index contributed by atoms with van der Waals surface area (Å²) in [6.07, 6.45) is 9.26. The molecule has 0 radical (unpaired) electrons. The lowest BCUT2D eigenvalue weighted by molar-refractivity contribution is -0.124. The lowest BCUT2D eigenvalue weighted by atomic mass is 9.94. The quantitative estimate of drug-likeness (QED) is 0.676. The Balaban J connectivity index is 1.48. The van der Waals surface area contributed by atoms with E-state index in [2.05, 4.69) is 9.98 Å². The van der Waals surface area contributed by atoms with E-state index in [-0.39, 0.29) is 18.7 Å². The van der Waals surface area contributed by atoms with Crippen molar-refractivity contribution in [3.05, 3.63) is 40.2 Å². The average Bonchev–Trinajstić information content (AvgIpc) is 3.44. The number of rotatable bonds is 3. The average molecular weight is 414 g/mol. The highest BCUT2D eigenvalue weighted by Gasteiger charge is 2.38. The van der Waals surface area contributed by atoms with Gasteiger partial charge in [-0.15, -0.1) is 11.3 Å². The van der Waals surface area contributed by atoms with E-state index in [9.17, 15) is 4.79 Å². The molecule has 1 saturated heterocycles. The number of aromatic nitrogens is 1. The van der Waals surface area contributed by atoms with Crippen LogP contribution in [-0.2, 0) is 4.79 Å². The van der Waals surface area contributed by atoms with Crippen molar-refractivity contribution in [2.45, 2.75) is 38.1 Å². The normalized spacial score (nSPS) is 22.6. The molecular formula is C20H19N3O3S2. The Kier molecular flexibility index (Phi) is 4.82. The minimum atomic E-state index is 0.0323. The fourth-order valence-electron chi connectivity index (χ4n) is 3.73. The topological polar surface area (TPSA) is 64.0 Å². The van der Waals surface area contributed by atoms with Gasteiger partial charge in [0.05, 0.1) is 4.91 Å². The molecule has 8 heteroatoms. The number of aliphatic imine (C=N–C) groups is 1. The molecule has 3 aliphatic rings. The summed E-state index contributed by atoms with van der Waals surface area (Å²) in [5, 5.41) is 3.31. The zero-order valence-corrected chi connectivity index (χ0v) is 16.8. The van der Waals surface area contributed by atoms with Gasteiger partial charge in [0.25, 0.3) is 5.91 Å². The van der Waals surface area contributed by atoms with E-state index >= 15 is 0 Å². The second-order valence-corrected chi connectivity index (χ2v) is 8.78. The third-order valence-electron chi connectivity index (χ3n) is 5.08. The molecule has 1 aromatic carbocycles. The molecule has 1 amide bonds. The van der Waals surface area contributed by atoms with Crippen LogP contribution in [0.3, 0.4) is 0 Å². The number of carbonyl (C=O) groups is 1. The summed E-state index contributed by atoms with van der Waals surface area (Å²) in [6, 6.07) is 5.94. The number of ether oxygens (including phenoxy) is 2. The van der Waals surface area contributed by atoms with Gasteiger partial charge in [0, 0.05) is 17.6 Å². The molecule has 2 aromatic rings. The molecule has 2 aliphatic heterocycles. The SMILES string of the molecule is O=C1/C(=C/c2ccc3c(c2)OCO3)S/C(=N/c2nccs2)N1C1CCCCC1. The molecule has 0 N–H and O–H groups in total. The number of benzene rings is 1. The van der Waals surface area contributed by atoms with Gasteiger partial charge in [-0.3, -0.25) is 9.69 Å². The van der Waals surface area contributed by atoms with Crippen molar-refractivity contribution in [1.82, 2.24) is 9.88 Å². The third kappa shape index (κ3) is 3.42. The number of fused-ring (bicyclic) bond motifs is 1. The lowest BCUT2D eigenvalue weighted by Gasteiger charge is -2.30. The summed E-state index contributed by atoms with van der Waals surface area (Å²) < 4.78 is 10.8. The fraction of sp³-hybridized carbons (Fsp3) is 0.350. The maximum Gasteiger partial charge on any atom is 0.267 e. The van der Waals surface area contributed by atoms with Crippen molar-refractivity contribution >= 4 is 45.4 Å². The third-order valence-corrected chi connectivity index (χ3v) is 6.73. The van der Waals surface area contributed by atoms with Crippen LogP contribution >= 0.6 is 23.1 Å². The minimum Gasteiger partial charge on any atom is -0.454 e. The van der Waals surface area contributed by atoms with Gasteiger partial charge in [-0.1, -0.05) is 25.3 Å². The Morgan fingerprint density at radius 3 is 2.86 bits per heavy atom. The zero-order valence-electron chi connectivity index (χ0n) is 15.2. The number of hydrogen-bond donors (Lipinski definition) is 0. The number of amides is 1. The smallest absolute Gasteiger partial charge is 0.267 e. The summed E-state index contributed by atoms with van der Waals surface area (Å²) in [5.74, 6) is 1.48. The fourth-order valence-corrected chi connectivity index (χ4v) is 5.34. The minimum absolute atomic E-state index is 0.0323. The van der Waals surface area contributed by atoms with Crippen molar-refractivity contribution in [3.8, 4) is 11.5 Å². The Bertz CT molecular complexity index is 950. The molecule has 6 nitrogen and oxygen atoms in total. The molecule has 1 saturated carbocycles. The van der Waals surface area contributed by atoms with E-state index in [1.807, 2.05) is 34.6 Å². The zero-order chi connectivity index (χ0) is 18.9. The number of hydrogen-bond acceptors (Lipinski definition) is 7. The molecule has 1 aromatic heterocycles. The Morgan fingerprint density at radius 1 is 1.18 bits per heavy atom. The van der Waals surface area contributed by atoms with Crippen LogP contribution in [0.2, 0.25) is 0 Å². The molecule has 5 rings (SSSR count). The van der Waals surface area contributed by atoms with Crippen LogP contribution in [0.1, 0.15) is 37.7 Å². The van der Waals surface area contributed by atoms with Crippen LogP contribution < -0.4 is 9.47 Å². The van der Waals surface area contributed by atoms with Crippen molar-refractivity contribution in [2.75, 3.05) is 6.79 Å². The molecule has 1 aliphatic carbocycles. The van der Waals surface area contributed by atoms with Gasteiger partial charge in [0.15, 0.2) is 16.7 Å². The first-order valence-electron chi connectivity index (χ1n) is 9.39. The number of thiazole rings is 1. The van der Waals surface area contributed by atoms with Crippen molar-refractivity contribution < 1.29 is 14.3 Å². The van der Waals surface area contributed by atoms with Gasteiger partial charge >= 0.3 is 0 Å². The van der Waals surface area contributed by atoms with E-state index in [1.54, 1.807) is 6.20 Å². The number of amidine groups is 1.